The largest absolute Gasteiger partial charge is 0.733 e. The molecule has 0 saturated heterocycles. The zero-order valence-electron chi connectivity index (χ0n) is 12.4. The molecule has 0 aliphatic heterocycles. The van der Waals surface area contributed by atoms with Crippen molar-refractivity contribution in [2.75, 3.05) is 38.8 Å². The highest BCUT2D eigenvalue weighted by Gasteiger charge is 2.33. The zero-order valence-corrected chi connectivity index (χ0v) is 13.3. The maximum absolute atomic E-state index is 12.8. The molecule has 0 aliphatic carbocycles. The van der Waals surface area contributed by atoms with Crippen LogP contribution < -0.4 is 16.4 Å². The van der Waals surface area contributed by atoms with Crippen LogP contribution in [0.4, 0.5) is 11.4 Å². The number of hydrogen-bond acceptors (Lipinski definition) is 6. The van der Waals surface area contributed by atoms with Gasteiger partial charge in [0, 0.05) is 0 Å². The van der Waals surface area contributed by atoms with Gasteiger partial charge in [-0.15, -0.1) is 0 Å². The van der Waals surface area contributed by atoms with Gasteiger partial charge in [0.25, 0.3) is 7.44 Å². The van der Waals surface area contributed by atoms with Crippen molar-refractivity contribution >= 4 is 24.4 Å². The van der Waals surface area contributed by atoms with Crippen LogP contribution in [0.3, 0.4) is 0 Å². The van der Waals surface area contributed by atoms with Crippen molar-refractivity contribution in [2.45, 2.75) is 0 Å². The van der Waals surface area contributed by atoms with Gasteiger partial charge in [-0.25, -0.2) is 9.34 Å². The highest BCUT2D eigenvalue weighted by molar-refractivity contribution is 7.76. The molecule has 10 heteroatoms. The molecule has 1 aromatic carbocycles. The van der Waals surface area contributed by atoms with Crippen LogP contribution in [-0.4, -0.2) is 48.3 Å². The van der Waals surface area contributed by atoms with E-state index in [1.807, 2.05) is 0 Å². The molecule has 0 radical (unpaired) electrons. The summed E-state index contributed by atoms with van der Waals surface area (Å²) in [5, 5.41) is 23.1. The third-order valence-corrected chi connectivity index (χ3v) is 5.64. The van der Waals surface area contributed by atoms with E-state index in [0.717, 1.165) is 0 Å². The summed E-state index contributed by atoms with van der Waals surface area (Å²) in [5.41, 5.74) is 9.06. The summed E-state index contributed by atoms with van der Waals surface area (Å²) >= 11 is 0. The first-order chi connectivity index (χ1) is 9.69. The van der Waals surface area contributed by atoms with Crippen LogP contribution >= 0.6 is 7.44 Å². The van der Waals surface area contributed by atoms with Crippen molar-refractivity contribution in [1.29, 1.82) is 0 Å². The minimum Gasteiger partial charge on any atom is -0.733 e. The summed E-state index contributed by atoms with van der Waals surface area (Å²) < 4.78 is 15.8. The molecule has 0 saturated carbocycles. The van der Waals surface area contributed by atoms with Gasteiger partial charge in [0.15, 0.2) is 0 Å². The van der Waals surface area contributed by atoms with Crippen molar-refractivity contribution < 1.29 is 9.77 Å². The quantitative estimate of drug-likeness (QED) is 0.311. The number of nitrogens with two attached hydrogens (primary N) is 1. The van der Waals surface area contributed by atoms with E-state index in [0.29, 0.717) is 5.69 Å². The van der Waals surface area contributed by atoms with E-state index in [4.69, 9.17) is 10.9 Å². The molecule has 0 aliphatic rings. The molecule has 21 heavy (non-hydrogen) atoms. The molecule has 4 N–H and O–H groups in total. The number of amidine groups is 1. The molecule has 1 aromatic rings. The molecule has 9 nitrogen and oxygen atoms in total. The Hall–Kier alpha value is -1.64. The topological polar surface area (TPSA) is 120 Å². The van der Waals surface area contributed by atoms with Crippen LogP contribution in [0.2, 0.25) is 0 Å². The molecule has 0 aromatic heterocycles. The Bertz CT molecular complexity index is 531. The minimum atomic E-state index is -3.08. The first kappa shape index (κ1) is 17.4. The second-order valence-corrected chi connectivity index (χ2v) is 7.79. The van der Waals surface area contributed by atoms with E-state index in [1.54, 1.807) is 28.2 Å². The molecule has 0 fully saturated rings. The van der Waals surface area contributed by atoms with Gasteiger partial charge in [-0.05, 0) is 52.5 Å². The highest BCUT2D eigenvalue weighted by atomic mass is 31.2. The highest BCUT2D eigenvalue weighted by Crippen LogP contribution is 2.49. The lowest BCUT2D eigenvalue weighted by Crippen LogP contribution is -2.31. The number of nitrogens with zero attached hydrogens (tertiary/aromatic N) is 4. The number of hydrazone groups is 1. The van der Waals surface area contributed by atoms with Crippen molar-refractivity contribution in [2.24, 2.45) is 10.8 Å². The fraction of sp³-hybridized carbons (Fsp3) is 0.364. The minimum absolute atomic E-state index is 0.0470. The monoisotopic (exact) mass is 315 g/mol. The first-order valence-corrected chi connectivity index (χ1v) is 7.62. The Morgan fingerprint density at radius 1 is 1.24 bits per heavy atom. The maximum atomic E-state index is 12.8. The lowest BCUT2D eigenvalue weighted by molar-refractivity contribution is 0.296. The molecule has 0 amide bonds. The first-order valence-electron chi connectivity index (χ1n) is 6.01. The van der Waals surface area contributed by atoms with E-state index in [2.05, 4.69) is 10.5 Å². The van der Waals surface area contributed by atoms with Gasteiger partial charge in [0.1, 0.15) is 0 Å². The van der Waals surface area contributed by atoms with Crippen molar-refractivity contribution in [3.63, 3.8) is 0 Å². The summed E-state index contributed by atoms with van der Waals surface area (Å²) in [6.07, 6.45) is 0. The Balaban J connectivity index is 2.91. The fourth-order valence-electron chi connectivity index (χ4n) is 1.62. The second kappa shape index (κ2) is 6.88. The lowest BCUT2D eigenvalue weighted by atomic mass is 10.3. The van der Waals surface area contributed by atoms with Crippen LogP contribution in [0.15, 0.2) is 29.4 Å². The Labute approximate surface area is 123 Å². The van der Waals surface area contributed by atoms with Crippen LogP contribution in [0, 0.1) is 5.21 Å². The van der Waals surface area contributed by atoms with Crippen LogP contribution in [0.1, 0.15) is 0 Å². The number of hydrogen-bond donors (Lipinski definition) is 3. The van der Waals surface area contributed by atoms with Gasteiger partial charge in [-0.1, -0.05) is 0 Å². The summed E-state index contributed by atoms with van der Waals surface area (Å²) in [6.45, 7) is 0. The predicted octanol–water partition coefficient (Wildman–Crippen LogP) is 1.34. The van der Waals surface area contributed by atoms with Crippen LogP contribution in [0.5, 0.6) is 0 Å². The van der Waals surface area contributed by atoms with Crippen LogP contribution in [0.25, 0.3) is 0 Å². The lowest BCUT2D eigenvalue weighted by Gasteiger charge is -2.29. The van der Waals surface area contributed by atoms with Gasteiger partial charge in [-0.2, -0.15) is 5.10 Å². The molecule has 0 atom stereocenters. The van der Waals surface area contributed by atoms with Crippen LogP contribution in [-0.2, 0) is 4.57 Å². The maximum Gasteiger partial charge on any atom is 0.280 e. The SMILES string of the molecule is CN(C)P(=O)(/C(N)=N/Nc1ccc(N([O-])O)cc1)N(C)C. The Kier molecular flexibility index (Phi) is 5.70. The number of nitrogens with one attached hydrogen (secondary N) is 1. The zero-order chi connectivity index (χ0) is 16.2. The normalized spacial score (nSPS) is 12.9. The molecular formula is C11H20N6O3P-. The second-order valence-electron chi connectivity index (χ2n) is 4.64. The van der Waals surface area contributed by atoms with E-state index in [-0.39, 0.29) is 16.5 Å². The summed E-state index contributed by atoms with van der Waals surface area (Å²) in [4.78, 5) is 0. The van der Waals surface area contributed by atoms with E-state index in [1.165, 1.54) is 33.6 Å². The molecule has 118 valence electrons. The van der Waals surface area contributed by atoms with Crippen molar-refractivity contribution in [3.05, 3.63) is 29.5 Å². The molecule has 0 heterocycles. The molecule has 0 bridgehead atoms. The van der Waals surface area contributed by atoms with Gasteiger partial charge in [0.2, 0.25) is 5.58 Å². The number of rotatable bonds is 6. The average Bonchev–Trinajstić information content (AvgIpc) is 2.43. The number of anilines is 2. The Morgan fingerprint density at radius 2 is 1.71 bits per heavy atom. The fourth-order valence-corrected chi connectivity index (χ4v) is 3.33. The van der Waals surface area contributed by atoms with Crippen molar-refractivity contribution in [3.8, 4) is 0 Å². The predicted molar refractivity (Wildman–Crippen MR) is 84.3 cm³/mol. The number of benzene rings is 1. The molecular weight excluding hydrogens is 295 g/mol. The van der Waals surface area contributed by atoms with Gasteiger partial charge >= 0.3 is 0 Å². The standard InChI is InChI=1S/C11H20N6O3P/c1-15(2)21(20,16(3)4)11(12)14-13-9-5-7-10(8-6-9)17(18)19/h5-8,13,18H,1-4H3,(H2,12,14)/q-1. The van der Waals surface area contributed by atoms with E-state index < -0.39 is 7.44 Å². The molecule has 0 unspecified atom stereocenters. The third kappa shape index (κ3) is 3.93. The van der Waals surface area contributed by atoms with Gasteiger partial charge in [0.05, 0.1) is 11.4 Å². The average molecular weight is 315 g/mol. The third-order valence-electron chi connectivity index (χ3n) is 2.77. The van der Waals surface area contributed by atoms with E-state index >= 15 is 0 Å². The molecule has 1 rings (SSSR count). The van der Waals surface area contributed by atoms with Gasteiger partial charge < -0.3 is 16.2 Å². The molecule has 0 spiro atoms. The van der Waals surface area contributed by atoms with Gasteiger partial charge in [-0.3, -0.25) is 15.2 Å². The summed E-state index contributed by atoms with van der Waals surface area (Å²) in [6, 6.07) is 5.87. The summed E-state index contributed by atoms with van der Waals surface area (Å²) in [7, 11) is 3.54. The Morgan fingerprint density at radius 3 is 2.10 bits per heavy atom. The van der Waals surface area contributed by atoms with E-state index in [9.17, 15) is 9.77 Å². The van der Waals surface area contributed by atoms with Crippen molar-refractivity contribution in [1.82, 2.24) is 9.34 Å². The smallest absolute Gasteiger partial charge is 0.280 e. The summed E-state index contributed by atoms with van der Waals surface area (Å²) in [5.74, 6) is 0.